The van der Waals surface area contributed by atoms with Crippen LogP contribution in [0.15, 0.2) is 24.3 Å². The summed E-state index contributed by atoms with van der Waals surface area (Å²) in [5, 5.41) is 11.8. The van der Waals surface area contributed by atoms with Gasteiger partial charge in [0.25, 0.3) is 0 Å². The quantitative estimate of drug-likeness (QED) is 0.729. The Morgan fingerprint density at radius 1 is 1.42 bits per heavy atom. The predicted molar refractivity (Wildman–Crippen MR) is 72.2 cm³/mol. The van der Waals surface area contributed by atoms with Gasteiger partial charge in [-0.25, -0.2) is 0 Å². The minimum atomic E-state index is -0.159. The van der Waals surface area contributed by atoms with E-state index in [9.17, 15) is 4.79 Å². The van der Waals surface area contributed by atoms with Gasteiger partial charge in [0.1, 0.15) is 5.75 Å². The van der Waals surface area contributed by atoms with E-state index in [4.69, 9.17) is 14.6 Å². The minimum absolute atomic E-state index is 0.0213. The average Bonchev–Trinajstić information content (AvgIpc) is 2.39. The second-order valence-corrected chi connectivity index (χ2v) is 4.26. The monoisotopic (exact) mass is 267 g/mol. The van der Waals surface area contributed by atoms with Gasteiger partial charge in [0.05, 0.1) is 26.2 Å². The van der Waals surface area contributed by atoms with Crippen molar-refractivity contribution in [3.8, 4) is 5.75 Å². The Morgan fingerprint density at radius 3 is 2.84 bits per heavy atom. The van der Waals surface area contributed by atoms with Crippen LogP contribution in [0.5, 0.6) is 5.75 Å². The van der Waals surface area contributed by atoms with Crippen LogP contribution in [-0.4, -0.2) is 44.5 Å². The lowest BCUT2D eigenvalue weighted by molar-refractivity contribution is -0.121. The summed E-state index contributed by atoms with van der Waals surface area (Å²) in [5.41, 5.74) is 0.886. The molecule has 1 amide bonds. The first-order chi connectivity index (χ1) is 9.19. The van der Waals surface area contributed by atoms with Crippen molar-refractivity contribution in [3.05, 3.63) is 29.8 Å². The fraction of sp³-hybridized carbons (Fsp3) is 0.500. The number of amides is 1. The van der Waals surface area contributed by atoms with Crippen LogP contribution >= 0.6 is 0 Å². The van der Waals surface area contributed by atoms with Gasteiger partial charge in [-0.2, -0.15) is 0 Å². The van der Waals surface area contributed by atoms with E-state index in [1.165, 1.54) is 0 Å². The number of carbonyl (C=O) groups excluding carboxylic acids is 1. The van der Waals surface area contributed by atoms with Gasteiger partial charge < -0.3 is 19.9 Å². The van der Waals surface area contributed by atoms with E-state index in [2.05, 4.69) is 5.32 Å². The maximum absolute atomic E-state index is 11.9. The summed E-state index contributed by atoms with van der Waals surface area (Å²) in [5.74, 6) is 0.637. The molecule has 0 aromatic heterocycles. The third-order valence-corrected chi connectivity index (χ3v) is 2.71. The number of methoxy groups -OCH3 is 2. The fourth-order valence-electron chi connectivity index (χ4n) is 1.80. The maximum Gasteiger partial charge on any atom is 0.224 e. The van der Waals surface area contributed by atoms with Crippen molar-refractivity contribution in [3.63, 3.8) is 0 Å². The normalized spacial score (nSPS) is 11.9. The second-order valence-electron chi connectivity index (χ2n) is 4.26. The summed E-state index contributed by atoms with van der Waals surface area (Å²) in [6.07, 6.45) is 0.764. The second kappa shape index (κ2) is 8.50. The molecule has 2 N–H and O–H groups in total. The molecule has 0 spiro atoms. The molecule has 1 unspecified atom stereocenters. The van der Waals surface area contributed by atoms with Crippen molar-refractivity contribution in [2.45, 2.75) is 18.9 Å². The van der Waals surface area contributed by atoms with E-state index in [-0.39, 0.29) is 25.0 Å². The van der Waals surface area contributed by atoms with E-state index >= 15 is 0 Å². The van der Waals surface area contributed by atoms with Gasteiger partial charge in [-0.15, -0.1) is 0 Å². The third-order valence-electron chi connectivity index (χ3n) is 2.71. The highest BCUT2D eigenvalue weighted by Gasteiger charge is 2.12. The Bertz CT molecular complexity index is 389. The Labute approximate surface area is 113 Å². The van der Waals surface area contributed by atoms with Gasteiger partial charge in [0, 0.05) is 13.7 Å². The number of nitrogens with one attached hydrogen (secondary N) is 1. The smallest absolute Gasteiger partial charge is 0.224 e. The molecule has 0 aliphatic carbocycles. The summed E-state index contributed by atoms with van der Waals surface area (Å²) in [6.45, 7) is 0.415. The standard InChI is InChI=1S/C14H21NO4/c1-18-10-12(6-7-16)15-14(17)9-11-4-3-5-13(8-11)19-2/h3-5,8,12,16H,6-7,9-10H2,1-2H3,(H,15,17). The van der Waals surface area contributed by atoms with Crippen LogP contribution < -0.4 is 10.1 Å². The number of ether oxygens (including phenoxy) is 2. The van der Waals surface area contributed by atoms with E-state index < -0.39 is 0 Å². The molecule has 1 rings (SSSR count). The molecule has 5 heteroatoms. The average molecular weight is 267 g/mol. The van der Waals surface area contributed by atoms with Crippen LogP contribution in [0.1, 0.15) is 12.0 Å². The molecule has 0 bridgehead atoms. The van der Waals surface area contributed by atoms with Crippen molar-refractivity contribution in [1.29, 1.82) is 0 Å². The van der Waals surface area contributed by atoms with Gasteiger partial charge in [-0.3, -0.25) is 4.79 Å². The van der Waals surface area contributed by atoms with Crippen molar-refractivity contribution in [2.75, 3.05) is 27.4 Å². The molecule has 19 heavy (non-hydrogen) atoms. The number of hydrogen-bond donors (Lipinski definition) is 2. The van der Waals surface area contributed by atoms with Crippen LogP contribution in [0.25, 0.3) is 0 Å². The van der Waals surface area contributed by atoms with Crippen molar-refractivity contribution < 1.29 is 19.4 Å². The molecule has 0 saturated carbocycles. The molecule has 0 heterocycles. The van der Waals surface area contributed by atoms with Gasteiger partial charge >= 0.3 is 0 Å². The number of aliphatic hydroxyl groups excluding tert-OH is 1. The third kappa shape index (κ3) is 5.72. The molecular formula is C14H21NO4. The lowest BCUT2D eigenvalue weighted by Crippen LogP contribution is -2.39. The zero-order chi connectivity index (χ0) is 14.1. The zero-order valence-corrected chi connectivity index (χ0v) is 11.4. The summed E-state index contributed by atoms with van der Waals surface area (Å²) in [4.78, 5) is 11.9. The summed E-state index contributed by atoms with van der Waals surface area (Å²) in [6, 6.07) is 7.23. The van der Waals surface area contributed by atoms with Gasteiger partial charge in [-0.1, -0.05) is 12.1 Å². The molecule has 0 aliphatic rings. The number of hydrogen-bond acceptors (Lipinski definition) is 4. The van der Waals surface area contributed by atoms with Crippen molar-refractivity contribution >= 4 is 5.91 Å². The topological polar surface area (TPSA) is 67.8 Å². The first-order valence-corrected chi connectivity index (χ1v) is 6.21. The summed E-state index contributed by atoms with van der Waals surface area (Å²) >= 11 is 0. The van der Waals surface area contributed by atoms with Gasteiger partial charge in [0.2, 0.25) is 5.91 Å². The van der Waals surface area contributed by atoms with Crippen LogP contribution in [0, 0.1) is 0 Å². The highest BCUT2D eigenvalue weighted by atomic mass is 16.5. The molecule has 1 atom stereocenters. The molecule has 0 saturated heterocycles. The molecule has 0 radical (unpaired) electrons. The predicted octanol–water partition coefficient (Wildman–Crippen LogP) is 0.751. The summed E-state index contributed by atoms with van der Waals surface area (Å²) in [7, 11) is 3.16. The summed E-state index contributed by atoms with van der Waals surface area (Å²) < 4.78 is 10.1. The lowest BCUT2D eigenvalue weighted by Gasteiger charge is -2.16. The minimum Gasteiger partial charge on any atom is -0.497 e. The Morgan fingerprint density at radius 2 is 2.21 bits per heavy atom. The lowest BCUT2D eigenvalue weighted by atomic mass is 10.1. The molecule has 1 aromatic rings. The van der Waals surface area contributed by atoms with Crippen LogP contribution in [0.4, 0.5) is 0 Å². The Hall–Kier alpha value is -1.59. The highest BCUT2D eigenvalue weighted by Crippen LogP contribution is 2.12. The van der Waals surface area contributed by atoms with Gasteiger partial charge in [-0.05, 0) is 24.1 Å². The van der Waals surface area contributed by atoms with Crippen molar-refractivity contribution in [2.24, 2.45) is 0 Å². The van der Waals surface area contributed by atoms with Crippen LogP contribution in [0.2, 0.25) is 0 Å². The maximum atomic E-state index is 11.9. The number of carbonyl (C=O) groups is 1. The molecule has 5 nitrogen and oxygen atoms in total. The Balaban J connectivity index is 2.53. The van der Waals surface area contributed by atoms with Crippen molar-refractivity contribution in [1.82, 2.24) is 5.32 Å². The SMILES string of the molecule is COCC(CCO)NC(=O)Cc1cccc(OC)c1. The Kier molecular flexibility index (Phi) is 6.92. The van der Waals surface area contributed by atoms with Gasteiger partial charge in [0.15, 0.2) is 0 Å². The van der Waals surface area contributed by atoms with E-state index in [1.54, 1.807) is 14.2 Å². The first-order valence-electron chi connectivity index (χ1n) is 6.21. The number of benzene rings is 1. The first kappa shape index (κ1) is 15.5. The number of rotatable bonds is 8. The molecular weight excluding hydrogens is 246 g/mol. The highest BCUT2D eigenvalue weighted by molar-refractivity contribution is 5.79. The number of aliphatic hydroxyl groups is 1. The van der Waals surface area contributed by atoms with E-state index in [0.717, 1.165) is 11.3 Å². The van der Waals surface area contributed by atoms with E-state index in [0.29, 0.717) is 13.0 Å². The zero-order valence-electron chi connectivity index (χ0n) is 11.4. The molecule has 0 fully saturated rings. The molecule has 0 aliphatic heterocycles. The van der Waals surface area contributed by atoms with Crippen LogP contribution in [-0.2, 0) is 16.0 Å². The van der Waals surface area contributed by atoms with E-state index in [1.807, 2.05) is 24.3 Å². The largest absolute Gasteiger partial charge is 0.497 e. The van der Waals surface area contributed by atoms with Crippen LogP contribution in [0.3, 0.4) is 0 Å². The molecule has 1 aromatic carbocycles. The fourth-order valence-corrected chi connectivity index (χ4v) is 1.80. The molecule has 106 valence electrons.